The number of piperidine rings is 1. The second-order valence-electron chi connectivity index (χ2n) is 7.08. The molecule has 2 N–H and O–H groups in total. The molecule has 1 heterocycles. The number of benzene rings is 2. The molecule has 0 aliphatic carbocycles. The summed E-state index contributed by atoms with van der Waals surface area (Å²) in [5.74, 6) is 1.58. The lowest BCUT2D eigenvalue weighted by molar-refractivity contribution is 0.0665. The van der Waals surface area contributed by atoms with E-state index in [1.54, 1.807) is 24.3 Å². The van der Waals surface area contributed by atoms with Crippen LogP contribution in [0.15, 0.2) is 54.6 Å². The number of aromatic hydroxyl groups is 1. The Hall–Kier alpha value is -1.84. The maximum atomic E-state index is 10.4. The minimum atomic E-state index is -0.497. The highest BCUT2D eigenvalue weighted by Gasteiger charge is 2.27. The van der Waals surface area contributed by atoms with Crippen molar-refractivity contribution in [3.63, 3.8) is 0 Å². The average Bonchev–Trinajstić information content (AvgIpc) is 2.59. The lowest BCUT2D eigenvalue weighted by Gasteiger charge is -2.38. The van der Waals surface area contributed by atoms with E-state index in [2.05, 4.69) is 42.2 Å². The number of aliphatic hydroxyl groups is 1. The lowest BCUT2D eigenvalue weighted by atomic mass is 9.82. The second kappa shape index (κ2) is 7.82. The zero-order chi connectivity index (χ0) is 16.9. The Kier molecular flexibility index (Phi) is 5.54. The van der Waals surface area contributed by atoms with Gasteiger partial charge in [-0.1, -0.05) is 49.4 Å². The smallest absolute Gasteiger partial charge is 0.115 e. The van der Waals surface area contributed by atoms with Crippen LogP contribution in [0.1, 0.15) is 30.6 Å². The van der Waals surface area contributed by atoms with Gasteiger partial charge in [-0.25, -0.2) is 0 Å². The fourth-order valence-corrected chi connectivity index (χ4v) is 3.71. The molecule has 3 rings (SSSR count). The molecule has 0 radical (unpaired) electrons. The normalized spacial score (nSPS) is 23.1. The summed E-state index contributed by atoms with van der Waals surface area (Å²) in [7, 11) is 0. The van der Waals surface area contributed by atoms with Crippen molar-refractivity contribution in [2.45, 2.75) is 25.9 Å². The van der Waals surface area contributed by atoms with Crippen molar-refractivity contribution < 1.29 is 10.2 Å². The van der Waals surface area contributed by atoms with E-state index in [4.69, 9.17) is 0 Å². The van der Waals surface area contributed by atoms with Crippen molar-refractivity contribution in [1.29, 1.82) is 0 Å². The second-order valence-corrected chi connectivity index (χ2v) is 7.08. The van der Waals surface area contributed by atoms with Gasteiger partial charge in [-0.3, -0.25) is 0 Å². The van der Waals surface area contributed by atoms with Gasteiger partial charge >= 0.3 is 0 Å². The first-order chi connectivity index (χ1) is 11.6. The van der Waals surface area contributed by atoms with E-state index in [1.165, 1.54) is 12.0 Å². The Morgan fingerprint density at radius 1 is 1.08 bits per heavy atom. The van der Waals surface area contributed by atoms with E-state index < -0.39 is 6.10 Å². The molecule has 0 saturated carbocycles. The first-order valence-corrected chi connectivity index (χ1v) is 8.85. The number of aliphatic hydroxyl groups excluding tert-OH is 1. The third-order valence-corrected chi connectivity index (χ3v) is 5.22. The first-order valence-electron chi connectivity index (χ1n) is 8.85. The van der Waals surface area contributed by atoms with Crippen LogP contribution in [-0.2, 0) is 6.42 Å². The summed E-state index contributed by atoms with van der Waals surface area (Å²) in [6.07, 6.45) is 1.83. The quantitative estimate of drug-likeness (QED) is 0.882. The van der Waals surface area contributed by atoms with Crippen molar-refractivity contribution in [3.8, 4) is 5.75 Å². The van der Waals surface area contributed by atoms with E-state index in [9.17, 15) is 10.2 Å². The molecule has 24 heavy (non-hydrogen) atoms. The molecule has 3 heteroatoms. The minimum Gasteiger partial charge on any atom is -0.508 e. The molecule has 1 aliphatic rings. The molecule has 0 bridgehead atoms. The van der Waals surface area contributed by atoms with Gasteiger partial charge in [0.05, 0.1) is 6.10 Å². The van der Waals surface area contributed by atoms with Crippen LogP contribution in [0.2, 0.25) is 0 Å². The molecule has 0 amide bonds. The van der Waals surface area contributed by atoms with Crippen molar-refractivity contribution in [3.05, 3.63) is 65.7 Å². The number of nitrogens with zero attached hydrogens (tertiary/aromatic N) is 1. The number of hydrogen-bond acceptors (Lipinski definition) is 3. The van der Waals surface area contributed by atoms with Crippen molar-refractivity contribution in [2.24, 2.45) is 11.8 Å². The van der Waals surface area contributed by atoms with Crippen LogP contribution in [0.25, 0.3) is 0 Å². The summed E-state index contributed by atoms with van der Waals surface area (Å²) in [6, 6.07) is 17.6. The molecule has 2 aromatic rings. The van der Waals surface area contributed by atoms with Gasteiger partial charge in [0.1, 0.15) is 5.75 Å². The molecule has 3 nitrogen and oxygen atoms in total. The summed E-state index contributed by atoms with van der Waals surface area (Å²) < 4.78 is 0. The summed E-state index contributed by atoms with van der Waals surface area (Å²) in [5.41, 5.74) is 2.29. The average molecular weight is 325 g/mol. The van der Waals surface area contributed by atoms with Crippen LogP contribution < -0.4 is 0 Å². The topological polar surface area (TPSA) is 43.7 Å². The van der Waals surface area contributed by atoms with E-state index in [1.807, 2.05) is 0 Å². The molecule has 128 valence electrons. The van der Waals surface area contributed by atoms with Crippen LogP contribution in [0.4, 0.5) is 0 Å². The largest absolute Gasteiger partial charge is 0.508 e. The van der Waals surface area contributed by atoms with Crippen molar-refractivity contribution in [2.75, 3.05) is 19.6 Å². The van der Waals surface area contributed by atoms with Gasteiger partial charge in [0.2, 0.25) is 0 Å². The summed E-state index contributed by atoms with van der Waals surface area (Å²) in [4.78, 5) is 2.36. The number of rotatable bonds is 5. The third kappa shape index (κ3) is 4.37. The summed E-state index contributed by atoms with van der Waals surface area (Å²) in [5, 5.41) is 19.8. The van der Waals surface area contributed by atoms with Crippen LogP contribution in [0.5, 0.6) is 5.75 Å². The highest BCUT2D eigenvalue weighted by molar-refractivity contribution is 5.27. The summed E-state index contributed by atoms with van der Waals surface area (Å²) >= 11 is 0. The van der Waals surface area contributed by atoms with Crippen LogP contribution >= 0.6 is 0 Å². The van der Waals surface area contributed by atoms with Crippen LogP contribution in [-0.4, -0.2) is 34.7 Å². The predicted octanol–water partition coefficient (Wildman–Crippen LogP) is 3.63. The molecule has 3 atom stereocenters. The third-order valence-electron chi connectivity index (χ3n) is 5.22. The van der Waals surface area contributed by atoms with Crippen LogP contribution in [0, 0.1) is 11.8 Å². The molecule has 1 saturated heterocycles. The SMILES string of the molecule is CC1CN(CC(O)c2ccc(O)cc2)CCC1Cc1ccccc1. The molecule has 0 spiro atoms. The van der Waals surface area contributed by atoms with Gasteiger partial charge in [-0.2, -0.15) is 0 Å². The Morgan fingerprint density at radius 3 is 2.46 bits per heavy atom. The highest BCUT2D eigenvalue weighted by atomic mass is 16.3. The zero-order valence-electron chi connectivity index (χ0n) is 14.3. The van der Waals surface area contributed by atoms with E-state index in [0.29, 0.717) is 12.5 Å². The minimum absolute atomic E-state index is 0.237. The zero-order valence-corrected chi connectivity index (χ0v) is 14.3. The van der Waals surface area contributed by atoms with Gasteiger partial charge in [0, 0.05) is 13.1 Å². The molecule has 3 unspecified atom stereocenters. The van der Waals surface area contributed by atoms with E-state index >= 15 is 0 Å². The number of phenols is 1. The summed E-state index contributed by atoms with van der Waals surface area (Å²) in [6.45, 7) is 5.06. The Balaban J connectivity index is 1.52. The number of phenolic OH excluding ortho intramolecular Hbond substituents is 1. The Bertz CT molecular complexity index is 626. The van der Waals surface area contributed by atoms with Gasteiger partial charge in [-0.15, -0.1) is 0 Å². The van der Waals surface area contributed by atoms with Gasteiger partial charge in [0.15, 0.2) is 0 Å². The Morgan fingerprint density at radius 2 is 1.79 bits per heavy atom. The molecular weight excluding hydrogens is 298 g/mol. The lowest BCUT2D eigenvalue weighted by Crippen LogP contribution is -2.41. The maximum Gasteiger partial charge on any atom is 0.115 e. The molecule has 0 aromatic heterocycles. The molecule has 1 fully saturated rings. The standard InChI is InChI=1S/C21H27NO2/c1-16-14-22(15-21(24)18-7-9-20(23)10-8-18)12-11-19(16)13-17-5-3-2-4-6-17/h2-10,16,19,21,23-24H,11-15H2,1H3. The van der Waals surface area contributed by atoms with Crippen LogP contribution in [0.3, 0.4) is 0 Å². The molecule has 2 aromatic carbocycles. The monoisotopic (exact) mass is 325 g/mol. The molecule has 1 aliphatic heterocycles. The van der Waals surface area contributed by atoms with Gasteiger partial charge < -0.3 is 15.1 Å². The number of β-amino-alcohol motifs (C(OH)–C–C–N with tert-alkyl or cyclic N) is 1. The van der Waals surface area contributed by atoms with E-state index in [0.717, 1.165) is 31.0 Å². The Labute approximate surface area is 144 Å². The maximum absolute atomic E-state index is 10.4. The number of hydrogen-bond donors (Lipinski definition) is 2. The number of likely N-dealkylation sites (tertiary alicyclic amines) is 1. The van der Waals surface area contributed by atoms with E-state index in [-0.39, 0.29) is 5.75 Å². The predicted molar refractivity (Wildman–Crippen MR) is 96.9 cm³/mol. The van der Waals surface area contributed by atoms with Gasteiger partial charge in [0.25, 0.3) is 0 Å². The molecular formula is C21H27NO2. The first kappa shape index (κ1) is 17.0. The highest BCUT2D eigenvalue weighted by Crippen LogP contribution is 2.28. The fourth-order valence-electron chi connectivity index (χ4n) is 3.71. The van der Waals surface area contributed by atoms with Crippen molar-refractivity contribution in [1.82, 2.24) is 4.90 Å². The fraction of sp³-hybridized carbons (Fsp3) is 0.429. The van der Waals surface area contributed by atoms with Crippen molar-refractivity contribution >= 4 is 0 Å². The van der Waals surface area contributed by atoms with Gasteiger partial charge in [-0.05, 0) is 54.5 Å².